The van der Waals surface area contributed by atoms with Crippen LogP contribution in [-0.4, -0.2) is 81.7 Å². The molecule has 0 bridgehead atoms. The first-order valence-corrected chi connectivity index (χ1v) is 10.7. The van der Waals surface area contributed by atoms with Gasteiger partial charge < -0.3 is 29.7 Å². The van der Waals surface area contributed by atoms with Gasteiger partial charge >= 0.3 is 0 Å². The molecule has 0 aromatic rings. The second-order valence-corrected chi connectivity index (χ2v) is 8.24. The van der Waals surface area contributed by atoms with Crippen LogP contribution in [0.1, 0.15) is 51.4 Å². The van der Waals surface area contributed by atoms with Crippen LogP contribution in [0.25, 0.3) is 0 Å². The number of likely N-dealkylation sites (N-methyl/N-ethyl adjacent to an activating group) is 1. The summed E-state index contributed by atoms with van der Waals surface area (Å²) in [5, 5.41) is 6.81. The predicted molar refractivity (Wildman–Crippen MR) is 107 cm³/mol. The molecule has 1 unspecified atom stereocenters. The first kappa shape index (κ1) is 21.3. The molecule has 2 aliphatic heterocycles. The lowest BCUT2D eigenvalue weighted by Crippen LogP contribution is -2.48. The van der Waals surface area contributed by atoms with Gasteiger partial charge in [0.15, 0.2) is 11.7 Å². The Morgan fingerprint density at radius 3 is 2.54 bits per heavy atom. The summed E-state index contributed by atoms with van der Waals surface area (Å²) in [6.07, 6.45) is 8.74. The SMILES string of the molecule is CN(C)C(=O)CN=C(NCC1COC2(CCCCCC2)O1)NC1CCOCC1. The molecule has 8 nitrogen and oxygen atoms in total. The summed E-state index contributed by atoms with van der Waals surface area (Å²) < 4.78 is 17.8. The van der Waals surface area contributed by atoms with Crippen LogP contribution < -0.4 is 10.6 Å². The number of ether oxygens (including phenoxy) is 3. The van der Waals surface area contributed by atoms with Crippen molar-refractivity contribution in [3.05, 3.63) is 0 Å². The van der Waals surface area contributed by atoms with Crippen molar-refractivity contribution < 1.29 is 19.0 Å². The van der Waals surface area contributed by atoms with Gasteiger partial charge in [-0.05, 0) is 25.7 Å². The molecule has 28 heavy (non-hydrogen) atoms. The molecule has 3 fully saturated rings. The van der Waals surface area contributed by atoms with E-state index in [1.165, 1.54) is 25.7 Å². The lowest BCUT2D eigenvalue weighted by atomic mass is 10.1. The number of rotatable bonds is 5. The molecule has 2 heterocycles. The minimum atomic E-state index is -0.380. The fourth-order valence-corrected chi connectivity index (χ4v) is 3.93. The van der Waals surface area contributed by atoms with Crippen molar-refractivity contribution in [1.82, 2.24) is 15.5 Å². The Labute approximate surface area is 168 Å². The molecule has 0 aromatic carbocycles. The van der Waals surface area contributed by atoms with E-state index in [2.05, 4.69) is 15.6 Å². The molecule has 3 aliphatic rings. The third-order valence-corrected chi connectivity index (χ3v) is 5.71. The maximum atomic E-state index is 11.9. The third-order valence-electron chi connectivity index (χ3n) is 5.71. The van der Waals surface area contributed by atoms with Gasteiger partial charge in [0.05, 0.1) is 6.61 Å². The van der Waals surface area contributed by atoms with Gasteiger partial charge in [-0.15, -0.1) is 0 Å². The van der Waals surface area contributed by atoms with Crippen LogP contribution in [0, 0.1) is 0 Å². The van der Waals surface area contributed by atoms with Crippen molar-refractivity contribution in [1.29, 1.82) is 0 Å². The van der Waals surface area contributed by atoms with Crippen LogP contribution >= 0.6 is 0 Å². The second kappa shape index (κ2) is 10.4. The first-order valence-electron chi connectivity index (χ1n) is 10.7. The molecular formula is C20H36N4O4. The van der Waals surface area contributed by atoms with E-state index >= 15 is 0 Å². The number of nitrogens with zero attached hydrogens (tertiary/aromatic N) is 2. The van der Waals surface area contributed by atoms with Crippen molar-refractivity contribution in [3.63, 3.8) is 0 Å². The molecule has 1 amide bonds. The zero-order valence-corrected chi connectivity index (χ0v) is 17.4. The van der Waals surface area contributed by atoms with E-state index in [4.69, 9.17) is 14.2 Å². The topological polar surface area (TPSA) is 84.4 Å². The van der Waals surface area contributed by atoms with Crippen molar-refractivity contribution in [2.75, 3.05) is 47.0 Å². The molecule has 3 rings (SSSR count). The molecule has 1 spiro atoms. The van der Waals surface area contributed by atoms with E-state index in [-0.39, 0.29) is 24.3 Å². The van der Waals surface area contributed by atoms with E-state index in [1.54, 1.807) is 19.0 Å². The number of amides is 1. The Kier molecular flexibility index (Phi) is 7.93. The highest BCUT2D eigenvalue weighted by Gasteiger charge is 2.41. The largest absolute Gasteiger partial charge is 0.381 e. The fourth-order valence-electron chi connectivity index (χ4n) is 3.93. The Balaban J connectivity index is 1.53. The number of hydrogen-bond donors (Lipinski definition) is 2. The van der Waals surface area contributed by atoms with Crippen LogP contribution in [0.2, 0.25) is 0 Å². The van der Waals surface area contributed by atoms with Gasteiger partial charge in [0, 0.05) is 52.7 Å². The second-order valence-electron chi connectivity index (χ2n) is 8.24. The molecule has 8 heteroatoms. The average Bonchev–Trinajstić information content (AvgIpc) is 2.95. The van der Waals surface area contributed by atoms with Crippen molar-refractivity contribution >= 4 is 11.9 Å². The van der Waals surface area contributed by atoms with Gasteiger partial charge in [0.2, 0.25) is 5.91 Å². The molecule has 0 radical (unpaired) electrons. The summed E-state index contributed by atoms with van der Waals surface area (Å²) in [5.74, 6) is 0.258. The van der Waals surface area contributed by atoms with Crippen molar-refractivity contribution in [2.45, 2.75) is 69.3 Å². The van der Waals surface area contributed by atoms with E-state index in [0.29, 0.717) is 25.2 Å². The Bertz CT molecular complexity index is 526. The molecule has 2 N–H and O–H groups in total. The van der Waals surface area contributed by atoms with Gasteiger partial charge in [-0.1, -0.05) is 12.8 Å². The Morgan fingerprint density at radius 1 is 1.14 bits per heavy atom. The smallest absolute Gasteiger partial charge is 0.243 e. The third kappa shape index (κ3) is 6.32. The first-order chi connectivity index (χ1) is 13.6. The molecule has 1 atom stereocenters. The maximum Gasteiger partial charge on any atom is 0.243 e. The van der Waals surface area contributed by atoms with Crippen molar-refractivity contribution in [3.8, 4) is 0 Å². The van der Waals surface area contributed by atoms with Gasteiger partial charge in [0.25, 0.3) is 0 Å². The highest BCUT2D eigenvalue weighted by molar-refractivity contribution is 5.84. The molecule has 160 valence electrons. The number of carbonyl (C=O) groups excluding carboxylic acids is 1. The van der Waals surface area contributed by atoms with Crippen LogP contribution in [-0.2, 0) is 19.0 Å². The Morgan fingerprint density at radius 2 is 1.86 bits per heavy atom. The monoisotopic (exact) mass is 396 g/mol. The maximum absolute atomic E-state index is 11.9. The van der Waals surface area contributed by atoms with Gasteiger partial charge in [-0.2, -0.15) is 0 Å². The Hall–Kier alpha value is -1.38. The summed E-state index contributed by atoms with van der Waals surface area (Å²) >= 11 is 0. The minimum absolute atomic E-state index is 0.00402. The number of hydrogen-bond acceptors (Lipinski definition) is 5. The van der Waals surface area contributed by atoms with E-state index < -0.39 is 0 Å². The number of carbonyl (C=O) groups is 1. The quantitative estimate of drug-likeness (QED) is 0.538. The van der Waals surface area contributed by atoms with Crippen LogP contribution in [0.15, 0.2) is 4.99 Å². The van der Waals surface area contributed by atoms with Gasteiger partial charge in [-0.3, -0.25) is 4.79 Å². The van der Waals surface area contributed by atoms with Crippen LogP contribution in [0.4, 0.5) is 0 Å². The molecule has 1 aliphatic carbocycles. The summed E-state index contributed by atoms with van der Waals surface area (Å²) in [7, 11) is 3.49. The van der Waals surface area contributed by atoms with Crippen LogP contribution in [0.5, 0.6) is 0 Å². The standard InChI is InChI=1S/C20H36N4O4/c1-24(2)18(25)14-22-19(23-16-7-11-26-12-8-16)21-13-17-15-27-20(28-17)9-5-3-4-6-10-20/h16-17H,3-15H2,1-2H3,(H2,21,22,23). The number of nitrogens with one attached hydrogen (secondary N) is 2. The fraction of sp³-hybridized carbons (Fsp3) is 0.900. The predicted octanol–water partition coefficient (Wildman–Crippen LogP) is 1.25. The summed E-state index contributed by atoms with van der Waals surface area (Å²) in [6.45, 7) is 2.85. The average molecular weight is 397 g/mol. The van der Waals surface area contributed by atoms with E-state index in [9.17, 15) is 4.79 Å². The summed E-state index contributed by atoms with van der Waals surface area (Å²) in [6, 6.07) is 0.309. The number of aliphatic imine (C=N–C) groups is 1. The highest BCUT2D eigenvalue weighted by atomic mass is 16.7. The van der Waals surface area contributed by atoms with Gasteiger partial charge in [0.1, 0.15) is 12.6 Å². The summed E-state index contributed by atoms with van der Waals surface area (Å²) in [4.78, 5) is 18.0. The van der Waals surface area contributed by atoms with Gasteiger partial charge in [-0.25, -0.2) is 4.99 Å². The molecule has 2 saturated heterocycles. The minimum Gasteiger partial charge on any atom is -0.381 e. The normalized spacial score (nSPS) is 26.1. The lowest BCUT2D eigenvalue weighted by Gasteiger charge is -2.27. The number of guanidine groups is 1. The zero-order valence-electron chi connectivity index (χ0n) is 17.4. The summed E-state index contributed by atoms with van der Waals surface area (Å²) in [5.41, 5.74) is 0. The molecule has 1 saturated carbocycles. The lowest BCUT2D eigenvalue weighted by molar-refractivity contribution is -0.175. The zero-order chi connectivity index (χ0) is 19.8. The van der Waals surface area contributed by atoms with Crippen molar-refractivity contribution in [2.24, 2.45) is 4.99 Å². The van der Waals surface area contributed by atoms with Crippen LogP contribution in [0.3, 0.4) is 0 Å². The highest BCUT2D eigenvalue weighted by Crippen LogP contribution is 2.36. The van der Waals surface area contributed by atoms with E-state index in [1.807, 2.05) is 0 Å². The molecular weight excluding hydrogens is 360 g/mol. The molecule has 0 aromatic heterocycles. The van der Waals surface area contributed by atoms with E-state index in [0.717, 1.165) is 38.9 Å².